The molecule has 0 radical (unpaired) electrons. The molecule has 0 atom stereocenters. The first-order valence-electron chi connectivity index (χ1n) is 5.50. The maximum Gasteiger partial charge on any atom is 0.416 e. The maximum atomic E-state index is 12.4. The highest BCUT2D eigenvalue weighted by Gasteiger charge is 2.29. The largest absolute Gasteiger partial charge is 0.416 e. The molecular weight excluding hydrogens is 257 g/mol. The minimum atomic E-state index is -4.35. The number of alkyl halides is 3. The average molecular weight is 268 g/mol. The van der Waals surface area contributed by atoms with Crippen molar-refractivity contribution < 1.29 is 18.3 Å². The van der Waals surface area contributed by atoms with Crippen molar-refractivity contribution in [2.24, 2.45) is 0 Å². The van der Waals surface area contributed by atoms with E-state index in [0.29, 0.717) is 17.1 Å². The van der Waals surface area contributed by atoms with Gasteiger partial charge in [-0.3, -0.25) is 0 Å². The molecule has 1 heterocycles. The van der Waals surface area contributed by atoms with Gasteiger partial charge in [-0.05, 0) is 30.3 Å². The van der Waals surface area contributed by atoms with E-state index < -0.39 is 11.7 Å². The fraction of sp³-hybridized carbons (Fsp3) is 0.154. The number of aliphatic hydroxyl groups is 1. The Labute approximate surface area is 107 Å². The third-order valence-corrected chi connectivity index (χ3v) is 2.54. The zero-order valence-corrected chi connectivity index (χ0v) is 9.78. The fourth-order valence-corrected chi connectivity index (χ4v) is 1.56. The Morgan fingerprint density at radius 2 is 1.79 bits per heavy atom. The first-order chi connectivity index (χ1) is 9.00. The van der Waals surface area contributed by atoms with Gasteiger partial charge in [0.2, 0.25) is 0 Å². The molecule has 0 spiro atoms. The number of benzene rings is 1. The predicted octanol–water partition coefficient (Wildman–Crippen LogP) is 3.34. The molecule has 19 heavy (non-hydrogen) atoms. The normalized spacial score (nSPS) is 11.4. The van der Waals surface area contributed by atoms with Crippen LogP contribution in [0.1, 0.15) is 11.1 Å². The monoisotopic (exact) mass is 268 g/mol. The molecule has 2 rings (SSSR count). The summed E-state index contributed by atoms with van der Waals surface area (Å²) < 4.78 is 37.2. The molecular formula is C13H11F3N2O. The molecule has 0 aliphatic rings. The molecule has 0 amide bonds. The van der Waals surface area contributed by atoms with Crippen LogP contribution in [-0.2, 0) is 12.8 Å². The number of nitrogens with one attached hydrogen (secondary N) is 1. The van der Waals surface area contributed by atoms with Gasteiger partial charge in [0.25, 0.3) is 0 Å². The Morgan fingerprint density at radius 1 is 1.11 bits per heavy atom. The highest BCUT2D eigenvalue weighted by molar-refractivity contribution is 5.59. The first kappa shape index (κ1) is 13.4. The van der Waals surface area contributed by atoms with Gasteiger partial charge in [0.15, 0.2) is 0 Å². The highest BCUT2D eigenvalue weighted by atomic mass is 19.4. The van der Waals surface area contributed by atoms with E-state index in [4.69, 9.17) is 5.11 Å². The summed E-state index contributed by atoms with van der Waals surface area (Å²) in [7, 11) is 0. The predicted molar refractivity (Wildman–Crippen MR) is 64.9 cm³/mol. The third-order valence-electron chi connectivity index (χ3n) is 2.54. The maximum absolute atomic E-state index is 12.4. The van der Waals surface area contributed by atoms with Crippen LogP contribution in [0.5, 0.6) is 0 Å². The van der Waals surface area contributed by atoms with E-state index in [9.17, 15) is 13.2 Å². The first-order valence-corrected chi connectivity index (χ1v) is 5.50. The Balaban J connectivity index is 2.20. The van der Waals surface area contributed by atoms with E-state index in [1.54, 1.807) is 12.1 Å². The van der Waals surface area contributed by atoms with Crippen LogP contribution in [-0.4, -0.2) is 10.1 Å². The van der Waals surface area contributed by atoms with Crippen LogP contribution < -0.4 is 5.32 Å². The highest BCUT2D eigenvalue weighted by Crippen LogP contribution is 2.30. The number of aliphatic hydroxyl groups excluding tert-OH is 1. The lowest BCUT2D eigenvalue weighted by molar-refractivity contribution is -0.137. The molecule has 0 fully saturated rings. The summed E-state index contributed by atoms with van der Waals surface area (Å²) in [5.74, 6) is 0.421. The van der Waals surface area contributed by atoms with Crippen LogP contribution in [0.15, 0.2) is 42.6 Å². The van der Waals surface area contributed by atoms with Crippen LogP contribution in [0.3, 0.4) is 0 Å². The number of halogens is 3. The lowest BCUT2D eigenvalue weighted by atomic mass is 10.2. The lowest BCUT2D eigenvalue weighted by Gasteiger charge is -2.11. The Hall–Kier alpha value is -2.08. The Bertz CT molecular complexity index is 553. The molecule has 1 aromatic heterocycles. The fourth-order valence-electron chi connectivity index (χ4n) is 1.56. The Morgan fingerprint density at radius 3 is 2.37 bits per heavy atom. The van der Waals surface area contributed by atoms with Gasteiger partial charge in [-0.2, -0.15) is 13.2 Å². The van der Waals surface area contributed by atoms with Crippen molar-refractivity contribution in [2.75, 3.05) is 5.32 Å². The molecule has 0 aliphatic carbocycles. The van der Waals surface area contributed by atoms with Gasteiger partial charge in [-0.1, -0.05) is 6.07 Å². The van der Waals surface area contributed by atoms with Crippen LogP contribution in [0.4, 0.5) is 24.7 Å². The number of anilines is 2. The summed E-state index contributed by atoms with van der Waals surface area (Å²) in [5, 5.41) is 12.0. The van der Waals surface area contributed by atoms with E-state index in [1.165, 1.54) is 18.3 Å². The van der Waals surface area contributed by atoms with Gasteiger partial charge in [0.1, 0.15) is 5.82 Å². The van der Waals surface area contributed by atoms with Crippen molar-refractivity contribution in [3.63, 3.8) is 0 Å². The van der Waals surface area contributed by atoms with Crippen LogP contribution in [0.2, 0.25) is 0 Å². The number of nitrogens with zero attached hydrogens (tertiary/aromatic N) is 1. The van der Waals surface area contributed by atoms with E-state index in [-0.39, 0.29) is 6.61 Å². The molecule has 6 heteroatoms. The minimum Gasteiger partial charge on any atom is -0.392 e. The van der Waals surface area contributed by atoms with Crippen molar-refractivity contribution in [3.05, 3.63) is 53.7 Å². The van der Waals surface area contributed by atoms with Gasteiger partial charge < -0.3 is 10.4 Å². The SMILES string of the molecule is OCc1cccnc1Nc1ccc(C(F)(F)F)cc1. The minimum absolute atomic E-state index is 0.198. The molecule has 2 N–H and O–H groups in total. The van der Waals surface area contributed by atoms with Crippen LogP contribution >= 0.6 is 0 Å². The second kappa shape index (κ2) is 5.27. The molecule has 0 aliphatic heterocycles. The smallest absolute Gasteiger partial charge is 0.392 e. The average Bonchev–Trinajstić information content (AvgIpc) is 2.39. The van der Waals surface area contributed by atoms with Gasteiger partial charge in [0, 0.05) is 17.4 Å². The van der Waals surface area contributed by atoms with Crippen molar-refractivity contribution in [3.8, 4) is 0 Å². The van der Waals surface area contributed by atoms with Crippen molar-refractivity contribution in [2.45, 2.75) is 12.8 Å². The molecule has 100 valence electrons. The molecule has 0 bridgehead atoms. The van der Waals surface area contributed by atoms with E-state index in [0.717, 1.165) is 12.1 Å². The molecule has 3 nitrogen and oxygen atoms in total. The summed E-state index contributed by atoms with van der Waals surface area (Å²) in [6, 6.07) is 7.97. The van der Waals surface area contributed by atoms with E-state index in [2.05, 4.69) is 10.3 Å². The van der Waals surface area contributed by atoms with Gasteiger partial charge in [-0.15, -0.1) is 0 Å². The summed E-state index contributed by atoms with van der Waals surface area (Å²) in [6.07, 6.45) is -2.81. The number of hydrogen-bond acceptors (Lipinski definition) is 3. The molecule has 0 unspecified atom stereocenters. The number of aromatic nitrogens is 1. The van der Waals surface area contributed by atoms with Gasteiger partial charge >= 0.3 is 6.18 Å². The number of rotatable bonds is 3. The third kappa shape index (κ3) is 3.23. The number of hydrogen-bond donors (Lipinski definition) is 2. The molecule has 0 saturated carbocycles. The van der Waals surface area contributed by atoms with Crippen LogP contribution in [0, 0.1) is 0 Å². The second-order valence-corrected chi connectivity index (χ2v) is 3.87. The standard InChI is InChI=1S/C13H11F3N2O/c14-13(15,16)10-3-5-11(6-4-10)18-12-9(8-19)2-1-7-17-12/h1-7,19H,8H2,(H,17,18). The molecule has 0 saturated heterocycles. The summed E-state index contributed by atoms with van der Waals surface area (Å²) in [6.45, 7) is -0.198. The topological polar surface area (TPSA) is 45.2 Å². The second-order valence-electron chi connectivity index (χ2n) is 3.87. The van der Waals surface area contributed by atoms with Gasteiger partial charge in [-0.25, -0.2) is 4.98 Å². The van der Waals surface area contributed by atoms with Crippen molar-refractivity contribution in [1.82, 2.24) is 4.98 Å². The van der Waals surface area contributed by atoms with Gasteiger partial charge in [0.05, 0.1) is 12.2 Å². The van der Waals surface area contributed by atoms with Crippen LogP contribution in [0.25, 0.3) is 0 Å². The zero-order chi connectivity index (χ0) is 13.9. The molecule has 2 aromatic rings. The Kier molecular flexibility index (Phi) is 3.71. The van der Waals surface area contributed by atoms with E-state index >= 15 is 0 Å². The number of pyridine rings is 1. The quantitative estimate of drug-likeness (QED) is 0.897. The zero-order valence-electron chi connectivity index (χ0n) is 9.78. The summed E-state index contributed by atoms with van der Waals surface area (Å²) in [4.78, 5) is 4.02. The summed E-state index contributed by atoms with van der Waals surface area (Å²) in [5.41, 5.74) is 0.338. The summed E-state index contributed by atoms with van der Waals surface area (Å²) >= 11 is 0. The molecule has 1 aromatic carbocycles. The van der Waals surface area contributed by atoms with Crippen molar-refractivity contribution >= 4 is 11.5 Å². The van der Waals surface area contributed by atoms with E-state index in [1.807, 2.05) is 0 Å². The lowest BCUT2D eigenvalue weighted by Crippen LogP contribution is -2.05. The van der Waals surface area contributed by atoms with Crippen molar-refractivity contribution in [1.29, 1.82) is 0 Å².